The lowest BCUT2D eigenvalue weighted by Crippen LogP contribution is -2.44. The van der Waals surface area contributed by atoms with Crippen molar-refractivity contribution in [3.63, 3.8) is 0 Å². The fourth-order valence-electron chi connectivity index (χ4n) is 5.15. The van der Waals surface area contributed by atoms with Crippen molar-refractivity contribution in [1.29, 1.82) is 0 Å². The molecule has 4 rings (SSSR count). The van der Waals surface area contributed by atoms with Crippen LogP contribution in [0.15, 0.2) is 58.7 Å². The number of aryl methyl sites for hydroxylation is 1. The highest BCUT2D eigenvalue weighted by Gasteiger charge is 2.47. The molecule has 1 amide bonds. The Bertz CT molecular complexity index is 1210. The number of ketones is 1. The standard InChI is InChI=1S/C28H32N2O4/c1-6-34-23-13-18(11-12-21(23)31)25-24(27(33)30-19-10-8-7-9-16(19)2)17(3)29-20-14-28(4,5)15-22(32)26(20)25/h7-13,25-26,31H,6,14-15H2,1-5H3,(H,30,33)/t25-,26?/m0/s1. The minimum atomic E-state index is -0.520. The van der Waals surface area contributed by atoms with E-state index in [9.17, 15) is 14.7 Å². The highest BCUT2D eigenvalue weighted by Crippen LogP contribution is 2.48. The average molecular weight is 461 g/mol. The number of carbonyl (C=O) groups excluding carboxylic acids is 2. The zero-order chi connectivity index (χ0) is 24.6. The first-order chi connectivity index (χ1) is 16.1. The number of amides is 1. The molecule has 0 radical (unpaired) electrons. The van der Waals surface area contributed by atoms with E-state index < -0.39 is 11.8 Å². The van der Waals surface area contributed by atoms with Crippen molar-refractivity contribution >= 4 is 23.1 Å². The molecule has 6 heteroatoms. The first-order valence-corrected chi connectivity index (χ1v) is 11.7. The normalized spacial score (nSPS) is 21.6. The van der Waals surface area contributed by atoms with Gasteiger partial charge in [0.15, 0.2) is 11.5 Å². The van der Waals surface area contributed by atoms with E-state index in [4.69, 9.17) is 9.73 Å². The fourth-order valence-corrected chi connectivity index (χ4v) is 5.15. The second kappa shape index (κ2) is 9.09. The van der Waals surface area contributed by atoms with E-state index >= 15 is 0 Å². The van der Waals surface area contributed by atoms with Crippen molar-refractivity contribution in [3.05, 3.63) is 64.9 Å². The molecular weight excluding hydrogens is 428 g/mol. The topological polar surface area (TPSA) is 88.0 Å². The van der Waals surface area contributed by atoms with E-state index in [1.165, 1.54) is 0 Å². The Morgan fingerprint density at radius 3 is 2.59 bits per heavy atom. The van der Waals surface area contributed by atoms with Crippen LogP contribution in [-0.2, 0) is 9.59 Å². The number of hydrogen-bond donors (Lipinski definition) is 2. The maximum atomic E-state index is 13.7. The Balaban J connectivity index is 1.85. The average Bonchev–Trinajstić information content (AvgIpc) is 2.75. The van der Waals surface area contributed by atoms with Crippen LogP contribution in [0.2, 0.25) is 0 Å². The predicted octanol–water partition coefficient (Wildman–Crippen LogP) is 5.56. The number of para-hydroxylation sites is 1. The molecule has 0 aromatic heterocycles. The monoisotopic (exact) mass is 460 g/mol. The maximum absolute atomic E-state index is 13.7. The Labute approximate surface area is 200 Å². The number of carbonyl (C=O) groups is 2. The summed E-state index contributed by atoms with van der Waals surface area (Å²) in [5.74, 6) is -0.863. The number of nitrogens with one attached hydrogen (secondary N) is 1. The van der Waals surface area contributed by atoms with Crippen molar-refractivity contribution in [2.45, 2.75) is 53.4 Å². The number of rotatable bonds is 5. The summed E-state index contributed by atoms with van der Waals surface area (Å²) in [5.41, 5.74) is 4.15. The van der Waals surface area contributed by atoms with Crippen LogP contribution in [0.5, 0.6) is 11.5 Å². The molecule has 1 heterocycles. The zero-order valence-corrected chi connectivity index (χ0v) is 20.4. The Morgan fingerprint density at radius 1 is 1.15 bits per heavy atom. The van der Waals surface area contributed by atoms with Gasteiger partial charge in [-0.05, 0) is 61.9 Å². The number of aliphatic imine (C=N–C) groups is 1. The van der Waals surface area contributed by atoms with Crippen LogP contribution in [-0.4, -0.2) is 29.1 Å². The van der Waals surface area contributed by atoms with Crippen LogP contribution in [0, 0.1) is 18.3 Å². The molecule has 34 heavy (non-hydrogen) atoms. The lowest BCUT2D eigenvalue weighted by Gasteiger charge is -2.41. The van der Waals surface area contributed by atoms with E-state index in [-0.39, 0.29) is 22.9 Å². The number of fused-ring (bicyclic) bond motifs is 1. The number of phenols is 1. The first kappa shape index (κ1) is 23.7. The van der Waals surface area contributed by atoms with Crippen LogP contribution in [0.3, 0.4) is 0 Å². The summed E-state index contributed by atoms with van der Waals surface area (Å²) in [6.45, 7) is 10.2. The number of nitrogens with zero attached hydrogens (tertiary/aromatic N) is 1. The van der Waals surface area contributed by atoms with Gasteiger partial charge in [0.1, 0.15) is 5.78 Å². The van der Waals surface area contributed by atoms with Gasteiger partial charge in [0.05, 0.1) is 12.5 Å². The second-order valence-corrected chi connectivity index (χ2v) is 9.97. The summed E-state index contributed by atoms with van der Waals surface area (Å²) in [4.78, 5) is 31.9. The number of ether oxygens (including phenoxy) is 1. The van der Waals surface area contributed by atoms with E-state index in [0.717, 1.165) is 22.5 Å². The molecule has 1 aliphatic carbocycles. The molecule has 2 aliphatic rings. The van der Waals surface area contributed by atoms with Crippen LogP contribution < -0.4 is 10.1 Å². The van der Waals surface area contributed by atoms with Crippen molar-refractivity contribution in [3.8, 4) is 11.5 Å². The summed E-state index contributed by atoms with van der Waals surface area (Å²) in [6.07, 6.45) is 1.12. The third-order valence-electron chi connectivity index (χ3n) is 6.64. The van der Waals surface area contributed by atoms with Gasteiger partial charge in [0.2, 0.25) is 0 Å². The Morgan fingerprint density at radius 2 is 1.88 bits per heavy atom. The van der Waals surface area contributed by atoms with Gasteiger partial charge in [-0.1, -0.05) is 38.1 Å². The minimum Gasteiger partial charge on any atom is -0.504 e. The van der Waals surface area contributed by atoms with Gasteiger partial charge >= 0.3 is 0 Å². The summed E-state index contributed by atoms with van der Waals surface area (Å²) in [5, 5.41) is 13.3. The molecular formula is C28H32N2O4. The van der Waals surface area contributed by atoms with Crippen molar-refractivity contribution in [2.75, 3.05) is 11.9 Å². The molecule has 0 spiro atoms. The van der Waals surface area contributed by atoms with Gasteiger partial charge in [0.25, 0.3) is 5.91 Å². The SMILES string of the molecule is CCOc1cc([C@H]2C(C(=O)Nc3ccccc3C)=C(C)N=C3CC(C)(C)CC(=O)C32)ccc1O. The molecule has 6 nitrogen and oxygen atoms in total. The minimum absolute atomic E-state index is 0.0259. The largest absolute Gasteiger partial charge is 0.504 e. The van der Waals surface area contributed by atoms with Crippen LogP contribution in [0.4, 0.5) is 5.69 Å². The van der Waals surface area contributed by atoms with Crippen LogP contribution in [0.1, 0.15) is 57.6 Å². The van der Waals surface area contributed by atoms with Crippen LogP contribution >= 0.6 is 0 Å². The number of aromatic hydroxyl groups is 1. The summed E-state index contributed by atoms with van der Waals surface area (Å²) in [6, 6.07) is 12.7. The third-order valence-corrected chi connectivity index (χ3v) is 6.64. The molecule has 2 aromatic rings. The number of phenolic OH excluding ortho intramolecular Hbond substituents is 1. The molecule has 178 valence electrons. The van der Waals surface area contributed by atoms with Crippen LogP contribution in [0.25, 0.3) is 0 Å². The Hall–Kier alpha value is -3.41. The first-order valence-electron chi connectivity index (χ1n) is 11.7. The van der Waals surface area contributed by atoms with Crippen molar-refractivity contribution in [1.82, 2.24) is 0 Å². The number of anilines is 1. The van der Waals surface area contributed by atoms with Gasteiger partial charge in [-0.15, -0.1) is 0 Å². The van der Waals surface area contributed by atoms with E-state index in [0.29, 0.717) is 36.5 Å². The quantitative estimate of drug-likeness (QED) is 0.612. The van der Waals surface area contributed by atoms with Gasteiger partial charge < -0.3 is 15.2 Å². The fraction of sp³-hybridized carbons (Fsp3) is 0.393. The van der Waals surface area contributed by atoms with Gasteiger partial charge in [-0.3, -0.25) is 14.6 Å². The molecule has 2 N–H and O–H groups in total. The second-order valence-electron chi connectivity index (χ2n) is 9.97. The summed E-state index contributed by atoms with van der Waals surface area (Å²) in [7, 11) is 0. The highest BCUT2D eigenvalue weighted by molar-refractivity contribution is 6.14. The lowest BCUT2D eigenvalue weighted by molar-refractivity contribution is -0.124. The van der Waals surface area contributed by atoms with E-state index in [1.54, 1.807) is 18.2 Å². The Kier molecular flexibility index (Phi) is 6.34. The lowest BCUT2D eigenvalue weighted by atomic mass is 9.63. The molecule has 1 fully saturated rings. The molecule has 0 bridgehead atoms. The van der Waals surface area contributed by atoms with Gasteiger partial charge in [-0.2, -0.15) is 0 Å². The maximum Gasteiger partial charge on any atom is 0.254 e. The van der Waals surface area contributed by atoms with Gasteiger partial charge in [-0.25, -0.2) is 0 Å². The summed E-state index contributed by atoms with van der Waals surface area (Å²) >= 11 is 0. The van der Waals surface area contributed by atoms with Gasteiger partial charge in [0, 0.05) is 35.0 Å². The number of benzene rings is 2. The number of hydrogen-bond acceptors (Lipinski definition) is 5. The molecule has 1 saturated carbocycles. The summed E-state index contributed by atoms with van der Waals surface area (Å²) < 4.78 is 5.62. The smallest absolute Gasteiger partial charge is 0.254 e. The zero-order valence-electron chi connectivity index (χ0n) is 20.4. The van der Waals surface area contributed by atoms with Crippen molar-refractivity contribution < 1.29 is 19.4 Å². The van der Waals surface area contributed by atoms with Crippen molar-refractivity contribution in [2.24, 2.45) is 16.3 Å². The molecule has 0 saturated heterocycles. The highest BCUT2D eigenvalue weighted by atomic mass is 16.5. The predicted molar refractivity (Wildman–Crippen MR) is 133 cm³/mol. The number of allylic oxidation sites excluding steroid dienone is 1. The third kappa shape index (κ3) is 4.49. The molecule has 1 aliphatic heterocycles. The van der Waals surface area contributed by atoms with E-state index in [1.807, 2.05) is 45.0 Å². The molecule has 1 unspecified atom stereocenters. The molecule has 2 aromatic carbocycles. The van der Waals surface area contributed by atoms with E-state index in [2.05, 4.69) is 19.2 Å². The number of Topliss-reactive ketones (excluding diaryl/α,β-unsaturated/α-hetero) is 1. The molecule has 2 atom stereocenters.